The largest absolute Gasteiger partial charge is 0.334 e. The van der Waals surface area contributed by atoms with Gasteiger partial charge in [0.2, 0.25) is 0 Å². The molecule has 0 atom stereocenters. The quantitative estimate of drug-likeness (QED) is 0.890. The molecule has 4 heteroatoms. The van der Waals surface area contributed by atoms with Crippen LogP contribution in [-0.2, 0) is 0 Å². The van der Waals surface area contributed by atoms with Crippen molar-refractivity contribution in [2.24, 2.45) is 5.73 Å². The normalized spacial score (nSPS) is 15.9. The summed E-state index contributed by atoms with van der Waals surface area (Å²) in [5.41, 5.74) is 5.99. The Labute approximate surface area is 107 Å². The fourth-order valence-electron chi connectivity index (χ4n) is 2.59. The Kier molecular flexibility index (Phi) is 4.31. The van der Waals surface area contributed by atoms with Crippen molar-refractivity contribution >= 4 is 5.91 Å². The monoisotopic (exact) mass is 250 g/mol. The molecule has 18 heavy (non-hydrogen) atoms. The molecule has 1 fully saturated rings. The first kappa shape index (κ1) is 13.0. The number of hydrogen-bond acceptors (Lipinski definition) is 2. The molecule has 0 aromatic heterocycles. The van der Waals surface area contributed by atoms with Crippen molar-refractivity contribution < 1.29 is 9.18 Å². The number of nitrogens with zero attached hydrogens (tertiary/aromatic N) is 1. The van der Waals surface area contributed by atoms with Gasteiger partial charge in [0.15, 0.2) is 0 Å². The van der Waals surface area contributed by atoms with Gasteiger partial charge in [-0.1, -0.05) is 18.9 Å². The molecule has 0 saturated heterocycles. The van der Waals surface area contributed by atoms with Crippen LogP contribution in [0, 0.1) is 5.82 Å². The van der Waals surface area contributed by atoms with Gasteiger partial charge < -0.3 is 10.6 Å². The standard InChI is InChI=1S/C14H19FN2O/c15-12-5-3-4-11(10-12)14(18)17(9-8-16)13-6-1-2-7-13/h3-5,10,13H,1-2,6-9,16H2. The molecule has 1 aliphatic carbocycles. The van der Waals surface area contributed by atoms with E-state index in [0.29, 0.717) is 18.7 Å². The molecule has 1 aromatic rings. The van der Waals surface area contributed by atoms with Crippen molar-refractivity contribution in [3.05, 3.63) is 35.6 Å². The first-order chi connectivity index (χ1) is 8.72. The first-order valence-corrected chi connectivity index (χ1v) is 6.49. The second kappa shape index (κ2) is 5.96. The molecule has 1 amide bonds. The van der Waals surface area contributed by atoms with Crippen LogP contribution >= 0.6 is 0 Å². The Hall–Kier alpha value is -1.42. The summed E-state index contributed by atoms with van der Waals surface area (Å²) in [5.74, 6) is -0.480. The summed E-state index contributed by atoms with van der Waals surface area (Å²) >= 11 is 0. The fourth-order valence-corrected chi connectivity index (χ4v) is 2.59. The number of rotatable bonds is 4. The lowest BCUT2D eigenvalue weighted by molar-refractivity contribution is 0.0687. The summed E-state index contributed by atoms with van der Waals surface area (Å²) < 4.78 is 13.2. The highest BCUT2D eigenvalue weighted by Crippen LogP contribution is 2.24. The summed E-state index contributed by atoms with van der Waals surface area (Å²) in [6.45, 7) is 0.984. The van der Waals surface area contributed by atoms with Gasteiger partial charge in [-0.3, -0.25) is 4.79 Å². The molecule has 0 aliphatic heterocycles. The van der Waals surface area contributed by atoms with Crippen molar-refractivity contribution in [3.8, 4) is 0 Å². The number of carbonyl (C=O) groups excluding carboxylic acids is 1. The number of carbonyl (C=O) groups is 1. The van der Waals surface area contributed by atoms with Gasteiger partial charge in [-0.05, 0) is 31.0 Å². The molecule has 0 spiro atoms. The number of amides is 1. The van der Waals surface area contributed by atoms with Crippen molar-refractivity contribution in [3.63, 3.8) is 0 Å². The third kappa shape index (κ3) is 2.88. The van der Waals surface area contributed by atoms with Crippen LogP contribution in [0.15, 0.2) is 24.3 Å². The smallest absolute Gasteiger partial charge is 0.254 e. The van der Waals surface area contributed by atoms with Gasteiger partial charge in [0.05, 0.1) is 0 Å². The molecule has 2 N–H and O–H groups in total. The van der Waals surface area contributed by atoms with E-state index in [1.807, 2.05) is 4.90 Å². The van der Waals surface area contributed by atoms with Crippen LogP contribution in [-0.4, -0.2) is 29.9 Å². The Balaban J connectivity index is 2.17. The van der Waals surface area contributed by atoms with Gasteiger partial charge in [-0.2, -0.15) is 0 Å². The third-order valence-corrected chi connectivity index (χ3v) is 3.47. The van der Waals surface area contributed by atoms with Crippen molar-refractivity contribution in [2.75, 3.05) is 13.1 Å². The summed E-state index contributed by atoms with van der Waals surface area (Å²) in [5, 5.41) is 0. The van der Waals surface area contributed by atoms with E-state index in [1.165, 1.54) is 12.1 Å². The van der Waals surface area contributed by atoms with Crippen LogP contribution in [0.25, 0.3) is 0 Å². The predicted molar refractivity (Wildman–Crippen MR) is 68.7 cm³/mol. The molecule has 98 valence electrons. The molecule has 2 rings (SSSR count). The van der Waals surface area contributed by atoms with E-state index in [2.05, 4.69) is 0 Å². The Bertz CT molecular complexity index is 416. The second-order valence-electron chi connectivity index (χ2n) is 4.74. The minimum atomic E-state index is -0.375. The van der Waals surface area contributed by atoms with E-state index >= 15 is 0 Å². The highest BCUT2D eigenvalue weighted by molar-refractivity contribution is 5.94. The lowest BCUT2D eigenvalue weighted by atomic mass is 10.1. The maximum Gasteiger partial charge on any atom is 0.254 e. The zero-order valence-corrected chi connectivity index (χ0v) is 10.4. The molecule has 0 radical (unpaired) electrons. The fraction of sp³-hybridized carbons (Fsp3) is 0.500. The van der Waals surface area contributed by atoms with Gasteiger partial charge in [-0.15, -0.1) is 0 Å². The minimum Gasteiger partial charge on any atom is -0.334 e. The molecule has 0 heterocycles. The Morgan fingerprint density at radius 2 is 2.11 bits per heavy atom. The third-order valence-electron chi connectivity index (χ3n) is 3.47. The van der Waals surface area contributed by atoms with Crippen LogP contribution in [0.4, 0.5) is 4.39 Å². The van der Waals surface area contributed by atoms with Crippen molar-refractivity contribution in [2.45, 2.75) is 31.7 Å². The van der Waals surface area contributed by atoms with Gasteiger partial charge >= 0.3 is 0 Å². The van der Waals surface area contributed by atoms with Crippen LogP contribution in [0.1, 0.15) is 36.0 Å². The van der Waals surface area contributed by atoms with Crippen LogP contribution in [0.3, 0.4) is 0 Å². The predicted octanol–water partition coefficient (Wildman–Crippen LogP) is 2.17. The van der Waals surface area contributed by atoms with Gasteiger partial charge in [0, 0.05) is 24.7 Å². The summed E-state index contributed by atoms with van der Waals surface area (Å²) in [7, 11) is 0. The number of hydrogen-bond donors (Lipinski definition) is 1. The van der Waals surface area contributed by atoms with Gasteiger partial charge in [-0.25, -0.2) is 4.39 Å². The summed E-state index contributed by atoms with van der Waals surface area (Å²) in [6.07, 6.45) is 4.37. The van der Waals surface area contributed by atoms with Crippen molar-refractivity contribution in [1.82, 2.24) is 4.90 Å². The second-order valence-corrected chi connectivity index (χ2v) is 4.74. The molecule has 1 saturated carbocycles. The SMILES string of the molecule is NCCN(C(=O)c1cccc(F)c1)C1CCCC1. The molecule has 1 aromatic carbocycles. The molecule has 1 aliphatic rings. The van der Waals surface area contributed by atoms with Gasteiger partial charge in [0.25, 0.3) is 5.91 Å². The number of nitrogens with two attached hydrogens (primary N) is 1. The van der Waals surface area contributed by atoms with E-state index in [1.54, 1.807) is 12.1 Å². The average molecular weight is 250 g/mol. The zero-order valence-electron chi connectivity index (χ0n) is 10.4. The highest BCUT2D eigenvalue weighted by atomic mass is 19.1. The molecule has 0 unspecified atom stereocenters. The molecular weight excluding hydrogens is 231 g/mol. The lowest BCUT2D eigenvalue weighted by Crippen LogP contribution is -2.42. The average Bonchev–Trinajstić information content (AvgIpc) is 2.89. The first-order valence-electron chi connectivity index (χ1n) is 6.49. The lowest BCUT2D eigenvalue weighted by Gasteiger charge is -2.28. The molecule has 3 nitrogen and oxygen atoms in total. The maximum atomic E-state index is 13.2. The summed E-state index contributed by atoms with van der Waals surface area (Å²) in [6, 6.07) is 6.13. The van der Waals surface area contributed by atoms with E-state index in [-0.39, 0.29) is 17.8 Å². The Morgan fingerprint density at radius 1 is 1.39 bits per heavy atom. The van der Waals surface area contributed by atoms with Crippen molar-refractivity contribution in [1.29, 1.82) is 0 Å². The Morgan fingerprint density at radius 3 is 2.72 bits per heavy atom. The van der Waals surface area contributed by atoms with E-state index in [4.69, 9.17) is 5.73 Å². The van der Waals surface area contributed by atoms with E-state index in [0.717, 1.165) is 25.7 Å². The van der Waals surface area contributed by atoms with Gasteiger partial charge in [0.1, 0.15) is 5.82 Å². The molecular formula is C14H19FN2O. The van der Waals surface area contributed by atoms with Crippen LogP contribution < -0.4 is 5.73 Å². The number of halogens is 1. The topological polar surface area (TPSA) is 46.3 Å². The van der Waals surface area contributed by atoms with E-state index < -0.39 is 0 Å². The zero-order chi connectivity index (χ0) is 13.0. The highest BCUT2D eigenvalue weighted by Gasteiger charge is 2.26. The van der Waals surface area contributed by atoms with Crippen LogP contribution in [0.5, 0.6) is 0 Å². The summed E-state index contributed by atoms with van der Waals surface area (Å²) in [4.78, 5) is 14.2. The van der Waals surface area contributed by atoms with E-state index in [9.17, 15) is 9.18 Å². The minimum absolute atomic E-state index is 0.105. The number of benzene rings is 1. The van der Waals surface area contributed by atoms with Crippen LogP contribution in [0.2, 0.25) is 0 Å². The molecule has 0 bridgehead atoms. The maximum absolute atomic E-state index is 13.2.